The van der Waals surface area contributed by atoms with Crippen molar-refractivity contribution in [3.63, 3.8) is 0 Å². The van der Waals surface area contributed by atoms with E-state index in [1.54, 1.807) is 25.2 Å². The van der Waals surface area contributed by atoms with E-state index in [4.69, 9.17) is 4.74 Å². The summed E-state index contributed by atoms with van der Waals surface area (Å²) >= 11 is 4.24. The van der Waals surface area contributed by atoms with Crippen LogP contribution in [0, 0.1) is 6.92 Å². The summed E-state index contributed by atoms with van der Waals surface area (Å²) in [5, 5.41) is 9.60. The predicted molar refractivity (Wildman–Crippen MR) is 124 cm³/mol. The smallest absolute Gasteiger partial charge is 0.348 e. The molecule has 0 aliphatic rings. The van der Waals surface area contributed by atoms with Crippen molar-refractivity contribution in [3.05, 3.63) is 50.9 Å². The van der Waals surface area contributed by atoms with Gasteiger partial charge < -0.3 is 9.72 Å². The lowest BCUT2D eigenvalue weighted by Crippen LogP contribution is -2.13. The maximum Gasteiger partial charge on any atom is 0.348 e. The molecule has 0 saturated carbocycles. The van der Waals surface area contributed by atoms with Crippen molar-refractivity contribution < 1.29 is 9.53 Å². The number of esters is 1. The summed E-state index contributed by atoms with van der Waals surface area (Å²) in [5.41, 5.74) is 1.39. The number of carbonyl (C=O) groups excluding carboxylic acids is 1. The Morgan fingerprint density at radius 1 is 1.29 bits per heavy atom. The van der Waals surface area contributed by atoms with E-state index in [0.717, 1.165) is 20.3 Å². The highest BCUT2D eigenvalue weighted by Crippen LogP contribution is 2.36. The summed E-state index contributed by atoms with van der Waals surface area (Å²) in [5.74, 6) is 0.0944. The van der Waals surface area contributed by atoms with E-state index in [-0.39, 0.29) is 17.4 Å². The molecule has 0 bridgehead atoms. The number of carbonyl (C=O) groups is 1. The van der Waals surface area contributed by atoms with Crippen LogP contribution in [0.25, 0.3) is 25.4 Å². The van der Waals surface area contributed by atoms with Crippen LogP contribution in [-0.2, 0) is 4.74 Å². The van der Waals surface area contributed by atoms with Crippen LogP contribution in [0.2, 0.25) is 0 Å². The zero-order chi connectivity index (χ0) is 21.7. The van der Waals surface area contributed by atoms with E-state index in [0.29, 0.717) is 26.5 Å². The Labute approximate surface area is 188 Å². The van der Waals surface area contributed by atoms with E-state index >= 15 is 0 Å². The molecule has 0 unspecified atom stereocenters. The Hall–Kier alpha value is -2.76. The standard InChI is InChI=1S/C20H17N5O3S3/c1-4-28-18(27)14-9(2)13-16(26)21-15(22-17(13)31-14)10(3)29-19-23-24-20-25(19)11-7-5-6-8-12(11)30-20/h5-8,10H,4H2,1-3H3,(H,21,22,26)/t10-/m1/s1. The van der Waals surface area contributed by atoms with Gasteiger partial charge in [-0.15, -0.1) is 21.5 Å². The van der Waals surface area contributed by atoms with Gasteiger partial charge in [-0.05, 0) is 38.5 Å². The maximum atomic E-state index is 12.8. The van der Waals surface area contributed by atoms with Crippen molar-refractivity contribution in [1.82, 2.24) is 24.6 Å². The molecular formula is C20H17N5O3S3. The molecule has 5 aromatic rings. The van der Waals surface area contributed by atoms with E-state index < -0.39 is 5.97 Å². The fourth-order valence-corrected chi connectivity index (χ4v) is 6.41. The molecule has 0 radical (unpaired) electrons. The molecule has 0 aliphatic heterocycles. The van der Waals surface area contributed by atoms with Gasteiger partial charge in [-0.3, -0.25) is 9.20 Å². The second-order valence-corrected chi connectivity index (χ2v) is 10.2. The van der Waals surface area contributed by atoms with Crippen LogP contribution in [0.3, 0.4) is 0 Å². The lowest BCUT2D eigenvalue weighted by molar-refractivity contribution is 0.0531. The molecule has 8 nitrogen and oxygen atoms in total. The average molecular weight is 472 g/mol. The third-order valence-corrected chi connectivity index (χ3v) is 8.09. The molecule has 0 spiro atoms. The normalized spacial score (nSPS) is 12.7. The molecule has 1 N–H and O–H groups in total. The largest absolute Gasteiger partial charge is 0.462 e. The molecule has 4 heterocycles. The predicted octanol–water partition coefficient (Wildman–Crippen LogP) is 4.58. The molecule has 5 rings (SSSR count). The van der Waals surface area contributed by atoms with Crippen LogP contribution < -0.4 is 5.56 Å². The van der Waals surface area contributed by atoms with E-state index in [2.05, 4.69) is 26.2 Å². The number of hydrogen-bond donors (Lipinski definition) is 1. The number of thiophene rings is 1. The number of para-hydroxylation sites is 1. The number of thioether (sulfide) groups is 1. The van der Waals surface area contributed by atoms with Gasteiger partial charge in [-0.1, -0.05) is 35.2 Å². The second-order valence-electron chi connectivity index (χ2n) is 6.84. The summed E-state index contributed by atoms with van der Waals surface area (Å²) in [6.07, 6.45) is 0. The Balaban J connectivity index is 1.53. The van der Waals surface area contributed by atoms with Crippen LogP contribution >= 0.6 is 34.4 Å². The highest BCUT2D eigenvalue weighted by atomic mass is 32.2. The number of aryl methyl sites for hydroxylation is 1. The van der Waals surface area contributed by atoms with E-state index in [1.165, 1.54) is 23.1 Å². The number of fused-ring (bicyclic) bond motifs is 4. The Bertz CT molecular complexity index is 1510. The lowest BCUT2D eigenvalue weighted by Gasteiger charge is -2.09. The highest BCUT2D eigenvalue weighted by molar-refractivity contribution is 7.99. The minimum atomic E-state index is -0.429. The summed E-state index contributed by atoms with van der Waals surface area (Å²) in [4.78, 5) is 34.3. The van der Waals surface area contributed by atoms with Crippen LogP contribution in [0.15, 0.2) is 34.2 Å². The minimum absolute atomic E-state index is 0.184. The van der Waals surface area contributed by atoms with Gasteiger partial charge in [0.25, 0.3) is 5.56 Å². The molecule has 0 amide bonds. The fraction of sp³-hybridized carbons (Fsp3) is 0.250. The number of nitrogens with zero attached hydrogens (tertiary/aromatic N) is 4. The first kappa shape index (κ1) is 20.2. The van der Waals surface area contributed by atoms with Gasteiger partial charge in [0.2, 0.25) is 4.96 Å². The Morgan fingerprint density at radius 2 is 2.10 bits per heavy atom. The minimum Gasteiger partial charge on any atom is -0.462 e. The summed E-state index contributed by atoms with van der Waals surface area (Å²) < 4.78 is 8.26. The lowest BCUT2D eigenvalue weighted by atomic mass is 10.2. The molecule has 11 heteroatoms. The van der Waals surface area contributed by atoms with Gasteiger partial charge in [-0.25, -0.2) is 9.78 Å². The zero-order valence-electron chi connectivity index (χ0n) is 16.8. The molecule has 158 valence electrons. The van der Waals surface area contributed by atoms with Crippen LogP contribution in [0.5, 0.6) is 0 Å². The number of hydrogen-bond acceptors (Lipinski definition) is 9. The Kier molecular flexibility index (Phi) is 5.03. The topological polar surface area (TPSA) is 102 Å². The molecule has 0 aliphatic carbocycles. The Morgan fingerprint density at radius 3 is 2.90 bits per heavy atom. The third kappa shape index (κ3) is 3.33. The highest BCUT2D eigenvalue weighted by Gasteiger charge is 2.23. The van der Waals surface area contributed by atoms with Gasteiger partial charge in [0.05, 0.1) is 27.5 Å². The molecule has 31 heavy (non-hydrogen) atoms. The quantitative estimate of drug-likeness (QED) is 0.296. The first-order chi connectivity index (χ1) is 15.0. The number of rotatable bonds is 5. The molecule has 0 saturated heterocycles. The number of ether oxygens (including phenoxy) is 1. The summed E-state index contributed by atoms with van der Waals surface area (Å²) in [7, 11) is 0. The van der Waals surface area contributed by atoms with Crippen molar-refractivity contribution in [3.8, 4) is 0 Å². The SMILES string of the molecule is CCOC(=O)c1sc2nc([C@@H](C)Sc3nnc4sc5ccccc5n34)[nH]c(=O)c2c1C. The van der Waals surface area contributed by atoms with E-state index in [1.807, 2.05) is 29.5 Å². The molecule has 1 atom stereocenters. The van der Waals surface area contributed by atoms with Gasteiger partial charge in [-0.2, -0.15) is 0 Å². The van der Waals surface area contributed by atoms with Gasteiger partial charge in [0.15, 0.2) is 5.16 Å². The molecule has 0 fully saturated rings. The van der Waals surface area contributed by atoms with Crippen LogP contribution in [0.1, 0.15) is 40.2 Å². The average Bonchev–Trinajstić information content (AvgIpc) is 3.41. The van der Waals surface area contributed by atoms with Crippen molar-refractivity contribution in [2.75, 3.05) is 6.61 Å². The monoisotopic (exact) mass is 471 g/mol. The molecular weight excluding hydrogens is 454 g/mol. The fourth-order valence-electron chi connectivity index (χ4n) is 3.39. The number of aromatic amines is 1. The first-order valence-electron chi connectivity index (χ1n) is 9.57. The number of aromatic nitrogens is 5. The maximum absolute atomic E-state index is 12.8. The van der Waals surface area contributed by atoms with E-state index in [9.17, 15) is 9.59 Å². The van der Waals surface area contributed by atoms with Crippen molar-refractivity contribution in [2.45, 2.75) is 31.2 Å². The first-order valence-corrected chi connectivity index (χ1v) is 12.1. The van der Waals surface area contributed by atoms with Gasteiger partial charge in [0.1, 0.15) is 15.5 Å². The van der Waals surface area contributed by atoms with Crippen molar-refractivity contribution in [2.24, 2.45) is 0 Å². The van der Waals surface area contributed by atoms with Crippen LogP contribution in [-0.4, -0.2) is 37.1 Å². The van der Waals surface area contributed by atoms with Crippen molar-refractivity contribution >= 4 is 65.8 Å². The number of H-pyrrole nitrogens is 1. The third-order valence-electron chi connectivity index (χ3n) is 4.86. The molecule has 1 aromatic carbocycles. The molecule has 4 aromatic heterocycles. The van der Waals surface area contributed by atoms with Gasteiger partial charge in [0, 0.05) is 0 Å². The van der Waals surface area contributed by atoms with Crippen molar-refractivity contribution in [1.29, 1.82) is 0 Å². The summed E-state index contributed by atoms with van der Waals surface area (Å²) in [6, 6.07) is 8.08. The number of benzene rings is 1. The zero-order valence-corrected chi connectivity index (χ0v) is 19.3. The summed E-state index contributed by atoms with van der Waals surface area (Å²) in [6.45, 7) is 5.73. The second kappa shape index (κ2) is 7.74. The van der Waals surface area contributed by atoms with Gasteiger partial charge >= 0.3 is 5.97 Å². The van der Waals surface area contributed by atoms with Crippen LogP contribution in [0.4, 0.5) is 0 Å². The number of nitrogens with one attached hydrogen (secondary N) is 1. The number of thiazole rings is 1.